The first kappa shape index (κ1) is 23.8. The van der Waals surface area contributed by atoms with E-state index in [1.165, 1.54) is 56.9 Å². The lowest BCUT2D eigenvalue weighted by Gasteiger charge is -2.29. The molecule has 1 fully saturated rings. The molecular formula is C26H32F4O. The number of benzene rings is 2. The average Bonchev–Trinajstić information content (AvgIpc) is 2.76. The van der Waals surface area contributed by atoms with Crippen molar-refractivity contribution in [1.82, 2.24) is 0 Å². The summed E-state index contributed by atoms with van der Waals surface area (Å²) in [6.45, 7) is 2.00. The van der Waals surface area contributed by atoms with Crippen LogP contribution < -0.4 is 0 Å². The third-order valence-electron chi connectivity index (χ3n) is 6.36. The van der Waals surface area contributed by atoms with Gasteiger partial charge in [-0.2, -0.15) is 8.78 Å². The molecule has 1 aliphatic rings. The second-order valence-electron chi connectivity index (χ2n) is 8.81. The first-order valence-corrected chi connectivity index (χ1v) is 11.4. The molecule has 31 heavy (non-hydrogen) atoms. The van der Waals surface area contributed by atoms with Crippen LogP contribution in [-0.2, 0) is 17.8 Å². The van der Waals surface area contributed by atoms with Crippen molar-refractivity contribution in [3.63, 3.8) is 0 Å². The Morgan fingerprint density at radius 1 is 0.871 bits per heavy atom. The average molecular weight is 437 g/mol. The minimum absolute atomic E-state index is 0.00968. The summed E-state index contributed by atoms with van der Waals surface area (Å²) in [6.07, 6.45) is 5.94. The van der Waals surface area contributed by atoms with Gasteiger partial charge in [0.2, 0.25) is 0 Å². The molecular weight excluding hydrogens is 404 g/mol. The fraction of sp³-hybridized carbons (Fsp3) is 0.538. The second kappa shape index (κ2) is 11.1. The third-order valence-corrected chi connectivity index (χ3v) is 6.36. The van der Waals surface area contributed by atoms with Gasteiger partial charge >= 0.3 is 6.11 Å². The maximum absolute atomic E-state index is 14.1. The van der Waals surface area contributed by atoms with E-state index < -0.39 is 24.2 Å². The van der Waals surface area contributed by atoms with Crippen molar-refractivity contribution in [2.45, 2.75) is 83.3 Å². The van der Waals surface area contributed by atoms with Gasteiger partial charge in [0.15, 0.2) is 11.6 Å². The Morgan fingerprint density at radius 2 is 1.55 bits per heavy atom. The molecule has 0 spiro atoms. The summed E-state index contributed by atoms with van der Waals surface area (Å²) in [7, 11) is 0. The first-order valence-electron chi connectivity index (χ1n) is 11.4. The Kier molecular flexibility index (Phi) is 8.53. The number of hydrogen-bond donors (Lipinski definition) is 0. The minimum Gasteiger partial charge on any atom is -0.315 e. The summed E-state index contributed by atoms with van der Waals surface area (Å²) in [6, 6.07) is 10.5. The summed E-state index contributed by atoms with van der Waals surface area (Å²) < 4.78 is 59.2. The van der Waals surface area contributed by atoms with Crippen LogP contribution in [0.15, 0.2) is 42.5 Å². The van der Waals surface area contributed by atoms with Gasteiger partial charge in [-0.1, -0.05) is 62.9 Å². The van der Waals surface area contributed by atoms with E-state index in [9.17, 15) is 17.6 Å². The van der Waals surface area contributed by atoms with E-state index >= 15 is 0 Å². The van der Waals surface area contributed by atoms with E-state index in [4.69, 9.17) is 4.74 Å². The molecule has 0 amide bonds. The molecule has 0 N–H and O–H groups in total. The Hall–Kier alpha value is -1.88. The highest BCUT2D eigenvalue weighted by atomic mass is 19.3. The largest absolute Gasteiger partial charge is 0.360 e. The summed E-state index contributed by atoms with van der Waals surface area (Å²) in [4.78, 5) is 0. The summed E-state index contributed by atoms with van der Waals surface area (Å²) >= 11 is 0. The molecule has 0 atom stereocenters. The van der Waals surface area contributed by atoms with Gasteiger partial charge in [0.25, 0.3) is 0 Å². The molecule has 3 rings (SSSR count). The predicted molar refractivity (Wildman–Crippen MR) is 115 cm³/mol. The van der Waals surface area contributed by atoms with Crippen molar-refractivity contribution < 1.29 is 22.3 Å². The number of ether oxygens (including phenoxy) is 1. The fourth-order valence-corrected chi connectivity index (χ4v) is 4.48. The number of hydrogen-bond acceptors (Lipinski definition) is 1. The highest BCUT2D eigenvalue weighted by Crippen LogP contribution is 2.38. The quantitative estimate of drug-likeness (QED) is 0.270. The van der Waals surface area contributed by atoms with Gasteiger partial charge in [-0.3, -0.25) is 0 Å². The molecule has 0 heterocycles. The molecule has 1 nitrogen and oxygen atoms in total. The lowest BCUT2D eigenvalue weighted by Crippen LogP contribution is -2.24. The van der Waals surface area contributed by atoms with Gasteiger partial charge in [-0.25, -0.2) is 8.78 Å². The number of unbranched alkanes of at least 4 members (excludes halogenated alkanes) is 2. The van der Waals surface area contributed by atoms with Gasteiger partial charge in [0.1, 0.15) is 0 Å². The van der Waals surface area contributed by atoms with Gasteiger partial charge in [0.05, 0.1) is 13.0 Å². The predicted octanol–water partition coefficient (Wildman–Crippen LogP) is 8.17. The fourth-order valence-electron chi connectivity index (χ4n) is 4.48. The molecule has 5 heteroatoms. The smallest absolute Gasteiger partial charge is 0.315 e. The molecule has 0 radical (unpaired) electrons. The zero-order valence-electron chi connectivity index (χ0n) is 18.2. The number of halogens is 4. The van der Waals surface area contributed by atoms with Crippen molar-refractivity contribution in [2.24, 2.45) is 5.92 Å². The van der Waals surface area contributed by atoms with Gasteiger partial charge in [-0.05, 0) is 66.3 Å². The molecule has 1 aliphatic carbocycles. The van der Waals surface area contributed by atoms with Gasteiger partial charge in [-0.15, -0.1) is 0 Å². The van der Waals surface area contributed by atoms with E-state index in [1.54, 1.807) is 0 Å². The van der Waals surface area contributed by atoms with Crippen LogP contribution in [0.4, 0.5) is 17.6 Å². The van der Waals surface area contributed by atoms with Crippen LogP contribution in [0, 0.1) is 17.6 Å². The van der Waals surface area contributed by atoms with E-state index in [-0.39, 0.29) is 12.2 Å². The highest BCUT2D eigenvalue weighted by Gasteiger charge is 2.31. The van der Waals surface area contributed by atoms with E-state index in [1.807, 2.05) is 24.3 Å². The molecule has 1 saturated carbocycles. The lowest BCUT2D eigenvalue weighted by molar-refractivity contribution is -0.244. The van der Waals surface area contributed by atoms with Crippen LogP contribution in [0.25, 0.3) is 0 Å². The molecule has 2 aromatic rings. The van der Waals surface area contributed by atoms with Crippen LogP contribution >= 0.6 is 0 Å². The lowest BCUT2D eigenvalue weighted by atomic mass is 9.77. The number of alkyl halides is 2. The van der Waals surface area contributed by atoms with Crippen LogP contribution in [0.3, 0.4) is 0 Å². The maximum atomic E-state index is 14.1. The molecule has 0 saturated heterocycles. The Labute approximate surface area is 182 Å². The second-order valence-corrected chi connectivity index (χ2v) is 8.81. The van der Waals surface area contributed by atoms with Crippen LogP contribution in [0.5, 0.6) is 0 Å². The molecule has 0 unspecified atom stereocenters. The monoisotopic (exact) mass is 436 g/mol. The van der Waals surface area contributed by atoms with Crippen LogP contribution in [0.1, 0.15) is 80.9 Å². The first-order chi connectivity index (χ1) is 14.9. The van der Waals surface area contributed by atoms with Crippen LogP contribution in [0.2, 0.25) is 0 Å². The molecule has 0 aliphatic heterocycles. The van der Waals surface area contributed by atoms with E-state index in [0.29, 0.717) is 11.5 Å². The van der Waals surface area contributed by atoms with Gasteiger partial charge < -0.3 is 4.74 Å². The summed E-state index contributed by atoms with van der Waals surface area (Å²) in [5.74, 6) is -0.795. The standard InChI is InChI=1S/C26H32F4O/c1-2-3-4-5-19-6-11-22(12-7-19)23-13-8-20(9-14-23)18-31-26(29,30)17-21-10-15-24(27)25(28)16-21/h8-10,13-16,19,22H,2-7,11-12,17-18H2,1H3. The summed E-state index contributed by atoms with van der Waals surface area (Å²) in [5.41, 5.74) is 1.93. The van der Waals surface area contributed by atoms with Crippen molar-refractivity contribution in [2.75, 3.05) is 0 Å². The molecule has 0 bridgehead atoms. The Bertz CT molecular complexity index is 811. The van der Waals surface area contributed by atoms with Crippen molar-refractivity contribution in [3.8, 4) is 0 Å². The zero-order valence-corrected chi connectivity index (χ0v) is 18.2. The SMILES string of the molecule is CCCCCC1CCC(c2ccc(COC(F)(F)Cc3ccc(F)c(F)c3)cc2)CC1. The van der Waals surface area contributed by atoms with Gasteiger partial charge in [0, 0.05) is 0 Å². The third kappa shape index (κ3) is 7.34. The Morgan fingerprint density at radius 3 is 2.19 bits per heavy atom. The normalized spacial score (nSPS) is 19.5. The number of rotatable bonds is 10. The molecule has 2 aromatic carbocycles. The molecule has 170 valence electrons. The summed E-state index contributed by atoms with van der Waals surface area (Å²) in [5, 5.41) is 0. The topological polar surface area (TPSA) is 9.23 Å². The maximum Gasteiger partial charge on any atom is 0.360 e. The zero-order chi connectivity index (χ0) is 22.3. The Balaban J connectivity index is 1.46. The van der Waals surface area contributed by atoms with E-state index in [2.05, 4.69) is 6.92 Å². The van der Waals surface area contributed by atoms with Crippen molar-refractivity contribution in [3.05, 3.63) is 70.8 Å². The molecule has 0 aromatic heterocycles. The van der Waals surface area contributed by atoms with Crippen molar-refractivity contribution >= 4 is 0 Å². The highest BCUT2D eigenvalue weighted by molar-refractivity contribution is 5.25. The van der Waals surface area contributed by atoms with Crippen LogP contribution in [-0.4, -0.2) is 6.11 Å². The van der Waals surface area contributed by atoms with E-state index in [0.717, 1.165) is 24.1 Å². The minimum atomic E-state index is -3.46. The van der Waals surface area contributed by atoms with Crippen molar-refractivity contribution in [1.29, 1.82) is 0 Å².